The molecule has 0 aliphatic carbocycles. The Morgan fingerprint density at radius 1 is 1.29 bits per heavy atom. The molecular weight excluding hydrogens is 266 g/mol. The van der Waals surface area contributed by atoms with Crippen LogP contribution in [-0.2, 0) is 17.8 Å². The van der Waals surface area contributed by atoms with Gasteiger partial charge in [-0.2, -0.15) is 0 Å². The van der Waals surface area contributed by atoms with Crippen molar-refractivity contribution in [2.24, 2.45) is 0 Å². The minimum Gasteiger partial charge on any atom is -0.481 e. The van der Waals surface area contributed by atoms with Gasteiger partial charge in [-0.1, -0.05) is 12.5 Å². The van der Waals surface area contributed by atoms with Gasteiger partial charge in [0.2, 0.25) is 0 Å². The van der Waals surface area contributed by atoms with Gasteiger partial charge in [-0.15, -0.1) is 0 Å². The van der Waals surface area contributed by atoms with Crippen molar-refractivity contribution >= 4 is 17.0 Å². The second-order valence-corrected chi connectivity index (χ2v) is 5.77. The fourth-order valence-corrected chi connectivity index (χ4v) is 2.93. The summed E-state index contributed by atoms with van der Waals surface area (Å²) >= 11 is 0. The number of carboxylic acids is 1. The van der Waals surface area contributed by atoms with E-state index in [0.29, 0.717) is 6.42 Å². The predicted molar refractivity (Wildman–Crippen MR) is 81.2 cm³/mol. The Hall–Kier alpha value is -1.88. The van der Waals surface area contributed by atoms with Crippen LogP contribution in [0.3, 0.4) is 0 Å². The molecule has 1 aromatic heterocycles. The lowest BCUT2D eigenvalue weighted by Crippen LogP contribution is -2.29. The van der Waals surface area contributed by atoms with Gasteiger partial charge >= 0.3 is 5.97 Å². The van der Waals surface area contributed by atoms with E-state index in [9.17, 15) is 4.79 Å². The van der Waals surface area contributed by atoms with Crippen LogP contribution in [0, 0.1) is 0 Å². The number of aryl methyl sites for hydroxylation is 1. The third-order valence-electron chi connectivity index (χ3n) is 4.03. The summed E-state index contributed by atoms with van der Waals surface area (Å²) < 4.78 is 0. The van der Waals surface area contributed by atoms with Crippen molar-refractivity contribution in [1.29, 1.82) is 0 Å². The summed E-state index contributed by atoms with van der Waals surface area (Å²) in [5.41, 5.74) is 3.21. The smallest absolute Gasteiger partial charge is 0.303 e. The van der Waals surface area contributed by atoms with Crippen LogP contribution in [0.5, 0.6) is 0 Å². The van der Waals surface area contributed by atoms with Gasteiger partial charge in [0.15, 0.2) is 0 Å². The number of rotatable bonds is 5. The Bertz CT molecular complexity index is 629. The summed E-state index contributed by atoms with van der Waals surface area (Å²) in [5.74, 6) is -0.0382. The van der Waals surface area contributed by atoms with Crippen molar-refractivity contribution in [3.8, 4) is 0 Å². The molecular formula is C16H21N3O2. The van der Waals surface area contributed by atoms with Crippen molar-refractivity contribution in [3.05, 3.63) is 29.6 Å². The summed E-state index contributed by atoms with van der Waals surface area (Å²) in [5, 5.41) is 8.73. The molecule has 0 amide bonds. The lowest BCUT2D eigenvalue weighted by atomic mass is 10.1. The number of fused-ring (bicyclic) bond motifs is 1. The van der Waals surface area contributed by atoms with E-state index in [1.165, 1.54) is 37.9 Å². The number of nitrogens with zero attached hydrogens (tertiary/aromatic N) is 2. The van der Waals surface area contributed by atoms with Crippen molar-refractivity contribution in [3.63, 3.8) is 0 Å². The van der Waals surface area contributed by atoms with Crippen LogP contribution in [-0.4, -0.2) is 39.0 Å². The van der Waals surface area contributed by atoms with Gasteiger partial charge in [-0.3, -0.25) is 9.69 Å². The van der Waals surface area contributed by atoms with Crippen molar-refractivity contribution in [2.75, 3.05) is 13.1 Å². The van der Waals surface area contributed by atoms with E-state index in [-0.39, 0.29) is 6.42 Å². The van der Waals surface area contributed by atoms with Crippen molar-refractivity contribution in [2.45, 2.75) is 38.6 Å². The largest absolute Gasteiger partial charge is 0.481 e. The molecule has 1 aromatic carbocycles. The molecule has 0 radical (unpaired) electrons. The van der Waals surface area contributed by atoms with E-state index in [1.54, 1.807) is 0 Å². The molecule has 0 unspecified atom stereocenters. The average molecular weight is 287 g/mol. The molecule has 1 aliphatic rings. The first-order valence-corrected chi connectivity index (χ1v) is 7.62. The zero-order valence-corrected chi connectivity index (χ0v) is 12.1. The fourth-order valence-electron chi connectivity index (χ4n) is 2.93. The monoisotopic (exact) mass is 287 g/mol. The van der Waals surface area contributed by atoms with Crippen molar-refractivity contribution in [1.82, 2.24) is 14.9 Å². The average Bonchev–Trinajstić information content (AvgIpc) is 2.88. The van der Waals surface area contributed by atoms with Crippen LogP contribution in [0.15, 0.2) is 18.2 Å². The summed E-state index contributed by atoms with van der Waals surface area (Å²) in [6.45, 7) is 3.36. The van der Waals surface area contributed by atoms with Crippen LogP contribution < -0.4 is 0 Å². The predicted octanol–water partition coefficient (Wildman–Crippen LogP) is 2.57. The molecule has 2 heterocycles. The highest BCUT2D eigenvalue weighted by Crippen LogP contribution is 2.18. The maximum absolute atomic E-state index is 10.6. The molecule has 2 aromatic rings. The maximum Gasteiger partial charge on any atom is 0.303 e. The van der Waals surface area contributed by atoms with Crippen LogP contribution in [0.2, 0.25) is 0 Å². The van der Waals surface area contributed by atoms with E-state index in [1.807, 2.05) is 6.07 Å². The molecule has 3 rings (SSSR count). The second-order valence-electron chi connectivity index (χ2n) is 5.77. The Labute approximate surface area is 124 Å². The molecule has 1 saturated heterocycles. The molecule has 112 valence electrons. The Kier molecular flexibility index (Phi) is 4.20. The first-order chi connectivity index (χ1) is 10.2. The lowest BCUT2D eigenvalue weighted by Gasteiger charge is -2.26. The topological polar surface area (TPSA) is 69.2 Å². The zero-order chi connectivity index (χ0) is 14.7. The Morgan fingerprint density at radius 3 is 2.86 bits per heavy atom. The molecule has 0 spiro atoms. The molecule has 0 saturated carbocycles. The molecule has 5 heteroatoms. The van der Waals surface area contributed by atoms with Gasteiger partial charge in [-0.05, 0) is 43.6 Å². The highest BCUT2D eigenvalue weighted by Gasteiger charge is 2.11. The summed E-state index contributed by atoms with van der Waals surface area (Å²) in [4.78, 5) is 20.8. The normalized spacial score (nSPS) is 16.4. The van der Waals surface area contributed by atoms with Gasteiger partial charge in [0, 0.05) is 13.0 Å². The van der Waals surface area contributed by atoms with E-state index >= 15 is 0 Å². The third-order valence-corrected chi connectivity index (χ3v) is 4.03. The Balaban J connectivity index is 1.71. The number of aromatic amines is 1. The lowest BCUT2D eigenvalue weighted by molar-refractivity contribution is -0.137. The number of H-pyrrole nitrogens is 1. The summed E-state index contributed by atoms with van der Waals surface area (Å²) in [6.07, 6.45) is 4.51. The van der Waals surface area contributed by atoms with Gasteiger partial charge in [0.25, 0.3) is 0 Å². The first-order valence-electron chi connectivity index (χ1n) is 7.62. The number of imidazole rings is 1. The molecule has 1 aliphatic heterocycles. The minimum atomic E-state index is -0.791. The standard InChI is InChI=1S/C16H21N3O2/c20-16(21)7-6-15-17-13-5-4-12(10-14(13)18-15)11-19-8-2-1-3-9-19/h4-5,10H,1-3,6-9,11H2,(H,17,18)(H,20,21). The van der Waals surface area contributed by atoms with Crippen LogP contribution >= 0.6 is 0 Å². The van der Waals surface area contributed by atoms with Gasteiger partial charge in [0.05, 0.1) is 17.5 Å². The molecule has 0 bridgehead atoms. The highest BCUT2D eigenvalue weighted by atomic mass is 16.4. The maximum atomic E-state index is 10.6. The number of likely N-dealkylation sites (tertiary alicyclic amines) is 1. The molecule has 21 heavy (non-hydrogen) atoms. The van der Waals surface area contributed by atoms with E-state index in [2.05, 4.69) is 27.0 Å². The number of nitrogens with one attached hydrogen (secondary N) is 1. The number of benzene rings is 1. The van der Waals surface area contributed by atoms with E-state index in [4.69, 9.17) is 5.11 Å². The number of carboxylic acid groups (broad SMARTS) is 1. The quantitative estimate of drug-likeness (QED) is 0.886. The molecule has 0 atom stereocenters. The molecule has 5 nitrogen and oxygen atoms in total. The minimum absolute atomic E-state index is 0.112. The van der Waals surface area contributed by atoms with Crippen LogP contribution in [0.4, 0.5) is 0 Å². The summed E-state index contributed by atoms with van der Waals surface area (Å²) in [7, 11) is 0. The van der Waals surface area contributed by atoms with Gasteiger partial charge in [0.1, 0.15) is 5.82 Å². The van der Waals surface area contributed by atoms with Gasteiger partial charge < -0.3 is 10.1 Å². The summed E-state index contributed by atoms with van der Waals surface area (Å²) in [6, 6.07) is 6.29. The van der Waals surface area contributed by atoms with Crippen LogP contribution in [0.25, 0.3) is 11.0 Å². The number of hydrogen-bond acceptors (Lipinski definition) is 3. The zero-order valence-electron chi connectivity index (χ0n) is 12.1. The van der Waals surface area contributed by atoms with E-state index < -0.39 is 5.97 Å². The number of aromatic nitrogens is 2. The number of aliphatic carboxylic acids is 1. The molecule has 1 fully saturated rings. The first kappa shape index (κ1) is 14.1. The number of piperidine rings is 1. The third kappa shape index (κ3) is 3.61. The van der Waals surface area contributed by atoms with Gasteiger partial charge in [-0.25, -0.2) is 4.98 Å². The number of carbonyl (C=O) groups is 1. The second kappa shape index (κ2) is 6.26. The highest BCUT2D eigenvalue weighted by molar-refractivity contribution is 5.76. The van der Waals surface area contributed by atoms with Crippen LogP contribution in [0.1, 0.15) is 37.1 Å². The van der Waals surface area contributed by atoms with Crippen molar-refractivity contribution < 1.29 is 9.90 Å². The fraction of sp³-hybridized carbons (Fsp3) is 0.500. The Morgan fingerprint density at radius 2 is 2.10 bits per heavy atom. The van der Waals surface area contributed by atoms with E-state index in [0.717, 1.165) is 23.4 Å². The molecule has 2 N–H and O–H groups in total. The SMILES string of the molecule is O=C(O)CCc1nc2ccc(CN3CCCCC3)cc2[nH]1. The number of hydrogen-bond donors (Lipinski definition) is 2.